The first-order chi connectivity index (χ1) is 7.06. The molecule has 1 aliphatic rings. The van der Waals surface area contributed by atoms with E-state index in [2.05, 4.69) is 13.0 Å². The summed E-state index contributed by atoms with van der Waals surface area (Å²) in [6, 6.07) is 4.29. The molecule has 1 aliphatic heterocycles. The number of fused-ring (bicyclic) bond motifs is 1. The predicted molar refractivity (Wildman–Crippen MR) is 62.6 cm³/mol. The highest BCUT2D eigenvalue weighted by molar-refractivity contribution is 6.32. The van der Waals surface area contributed by atoms with Gasteiger partial charge in [0.15, 0.2) is 0 Å². The van der Waals surface area contributed by atoms with Crippen LogP contribution >= 0.6 is 11.6 Å². The molecule has 0 bridgehead atoms. The van der Waals surface area contributed by atoms with Gasteiger partial charge in [-0.3, -0.25) is 0 Å². The molecular formula is C12H16ClNO. The van der Waals surface area contributed by atoms with Crippen LogP contribution in [0.15, 0.2) is 12.1 Å². The number of rotatable bonds is 2. The summed E-state index contributed by atoms with van der Waals surface area (Å²) in [5.41, 5.74) is 8.19. The fourth-order valence-corrected chi connectivity index (χ4v) is 2.34. The molecule has 2 nitrogen and oxygen atoms in total. The van der Waals surface area contributed by atoms with E-state index in [0.29, 0.717) is 5.02 Å². The fraction of sp³-hybridized carbons (Fsp3) is 0.500. The molecule has 0 radical (unpaired) electrons. The van der Waals surface area contributed by atoms with Gasteiger partial charge in [-0.05, 0) is 37.5 Å². The summed E-state index contributed by atoms with van der Waals surface area (Å²) < 4.78 is 5.63. The smallest absolute Gasteiger partial charge is 0.141 e. The van der Waals surface area contributed by atoms with Crippen molar-refractivity contribution in [3.05, 3.63) is 28.3 Å². The topological polar surface area (TPSA) is 35.2 Å². The van der Waals surface area contributed by atoms with E-state index in [-0.39, 0.29) is 12.1 Å². The van der Waals surface area contributed by atoms with E-state index < -0.39 is 0 Å². The molecule has 1 aromatic carbocycles. The molecule has 82 valence electrons. The number of ether oxygens (including phenoxy) is 1. The molecule has 1 heterocycles. The van der Waals surface area contributed by atoms with Crippen LogP contribution in [0.25, 0.3) is 0 Å². The first-order valence-corrected chi connectivity index (χ1v) is 5.67. The largest absolute Gasteiger partial charge is 0.489 e. The number of hydrogen-bond acceptors (Lipinski definition) is 2. The van der Waals surface area contributed by atoms with Crippen molar-refractivity contribution in [2.24, 2.45) is 5.73 Å². The zero-order valence-electron chi connectivity index (χ0n) is 9.09. The van der Waals surface area contributed by atoms with Crippen LogP contribution in [0.5, 0.6) is 5.75 Å². The Kier molecular flexibility index (Phi) is 2.89. The highest BCUT2D eigenvalue weighted by atomic mass is 35.5. The highest BCUT2D eigenvalue weighted by Crippen LogP contribution is 2.37. The molecule has 0 saturated carbocycles. The van der Waals surface area contributed by atoms with Crippen LogP contribution in [0, 0.1) is 0 Å². The zero-order chi connectivity index (χ0) is 11.0. The van der Waals surface area contributed by atoms with Crippen molar-refractivity contribution in [3.8, 4) is 5.75 Å². The van der Waals surface area contributed by atoms with Crippen molar-refractivity contribution in [1.29, 1.82) is 0 Å². The number of nitrogens with two attached hydrogens (primary N) is 1. The summed E-state index contributed by atoms with van der Waals surface area (Å²) in [4.78, 5) is 0. The summed E-state index contributed by atoms with van der Waals surface area (Å²) in [6.07, 6.45) is 2.05. The molecule has 0 aliphatic carbocycles. The van der Waals surface area contributed by atoms with E-state index in [1.807, 2.05) is 13.0 Å². The predicted octanol–water partition coefficient (Wildman–Crippen LogP) is 2.55. The summed E-state index contributed by atoms with van der Waals surface area (Å²) in [5.74, 6) is 0.859. The molecule has 2 atom stereocenters. The van der Waals surface area contributed by atoms with Crippen LogP contribution in [-0.4, -0.2) is 12.1 Å². The van der Waals surface area contributed by atoms with Gasteiger partial charge in [0.2, 0.25) is 0 Å². The van der Waals surface area contributed by atoms with Gasteiger partial charge in [0.1, 0.15) is 11.9 Å². The van der Waals surface area contributed by atoms with Gasteiger partial charge in [0.25, 0.3) is 0 Å². The average Bonchev–Trinajstić information content (AvgIpc) is 2.44. The summed E-state index contributed by atoms with van der Waals surface area (Å²) in [7, 11) is 0. The van der Waals surface area contributed by atoms with Crippen LogP contribution in [0.2, 0.25) is 5.02 Å². The van der Waals surface area contributed by atoms with E-state index in [9.17, 15) is 0 Å². The Balaban J connectivity index is 2.31. The van der Waals surface area contributed by atoms with Crippen LogP contribution in [0.3, 0.4) is 0 Å². The lowest BCUT2D eigenvalue weighted by molar-refractivity contribution is 0.255. The molecule has 0 amide bonds. The first kappa shape index (κ1) is 10.8. The summed E-state index contributed by atoms with van der Waals surface area (Å²) in [5, 5.41) is 0.715. The number of hydrogen-bond donors (Lipinski definition) is 1. The van der Waals surface area contributed by atoms with Gasteiger partial charge in [-0.1, -0.05) is 17.7 Å². The second kappa shape index (κ2) is 4.03. The third-order valence-electron chi connectivity index (χ3n) is 2.56. The maximum absolute atomic E-state index is 6.16. The van der Waals surface area contributed by atoms with Crippen molar-refractivity contribution in [3.63, 3.8) is 0 Å². The highest BCUT2D eigenvalue weighted by Gasteiger charge is 2.22. The average molecular weight is 226 g/mol. The van der Waals surface area contributed by atoms with Gasteiger partial charge in [0, 0.05) is 12.5 Å². The van der Waals surface area contributed by atoms with Gasteiger partial charge in [-0.15, -0.1) is 0 Å². The van der Waals surface area contributed by atoms with E-state index >= 15 is 0 Å². The Bertz CT molecular complexity index is 376. The van der Waals surface area contributed by atoms with Gasteiger partial charge in [-0.2, -0.15) is 0 Å². The molecule has 0 saturated heterocycles. The standard InChI is InChI=1S/C12H16ClNO/c1-7(14)3-9-5-10-4-8(2)15-12(10)11(13)6-9/h5-8H,3-4,14H2,1-2H3. The molecule has 0 aromatic heterocycles. The normalized spacial score (nSPS) is 20.9. The van der Waals surface area contributed by atoms with Crippen molar-refractivity contribution in [2.75, 3.05) is 0 Å². The first-order valence-electron chi connectivity index (χ1n) is 5.30. The lowest BCUT2D eigenvalue weighted by Gasteiger charge is -2.09. The maximum atomic E-state index is 6.16. The third kappa shape index (κ3) is 2.27. The van der Waals surface area contributed by atoms with Crippen molar-refractivity contribution >= 4 is 11.6 Å². The van der Waals surface area contributed by atoms with Gasteiger partial charge >= 0.3 is 0 Å². The monoisotopic (exact) mass is 225 g/mol. The molecule has 3 heteroatoms. The van der Waals surface area contributed by atoms with E-state index in [1.165, 1.54) is 11.1 Å². The van der Waals surface area contributed by atoms with E-state index in [0.717, 1.165) is 18.6 Å². The molecule has 2 unspecified atom stereocenters. The Morgan fingerprint density at radius 1 is 1.60 bits per heavy atom. The zero-order valence-corrected chi connectivity index (χ0v) is 9.84. The van der Waals surface area contributed by atoms with Crippen LogP contribution in [0.4, 0.5) is 0 Å². The van der Waals surface area contributed by atoms with Crippen LogP contribution in [-0.2, 0) is 12.8 Å². The summed E-state index contributed by atoms with van der Waals surface area (Å²) in [6.45, 7) is 4.06. The van der Waals surface area contributed by atoms with Crippen LogP contribution in [0.1, 0.15) is 25.0 Å². The lowest BCUT2D eigenvalue weighted by Crippen LogP contribution is -2.17. The second-order valence-electron chi connectivity index (χ2n) is 4.38. The second-order valence-corrected chi connectivity index (χ2v) is 4.79. The molecule has 0 spiro atoms. The SMILES string of the molecule is CC(N)Cc1cc(Cl)c2c(c1)CC(C)O2. The minimum atomic E-state index is 0.166. The molecule has 1 aromatic rings. The Labute approximate surface area is 95.4 Å². The molecule has 2 N–H and O–H groups in total. The minimum Gasteiger partial charge on any atom is -0.489 e. The lowest BCUT2D eigenvalue weighted by atomic mass is 10.0. The Morgan fingerprint density at radius 3 is 3.00 bits per heavy atom. The Hall–Kier alpha value is -0.730. The maximum Gasteiger partial charge on any atom is 0.141 e. The third-order valence-corrected chi connectivity index (χ3v) is 2.85. The van der Waals surface area contributed by atoms with E-state index in [4.69, 9.17) is 22.1 Å². The van der Waals surface area contributed by atoms with Crippen molar-refractivity contribution in [2.45, 2.75) is 38.8 Å². The van der Waals surface area contributed by atoms with Gasteiger partial charge in [-0.25, -0.2) is 0 Å². The molecule has 0 fully saturated rings. The van der Waals surface area contributed by atoms with Gasteiger partial charge in [0.05, 0.1) is 5.02 Å². The minimum absolute atomic E-state index is 0.166. The molecule has 15 heavy (non-hydrogen) atoms. The quantitative estimate of drug-likeness (QED) is 0.840. The number of benzene rings is 1. The molecule has 2 rings (SSSR count). The van der Waals surface area contributed by atoms with Gasteiger partial charge < -0.3 is 10.5 Å². The molecular weight excluding hydrogens is 210 g/mol. The number of halogens is 1. The summed E-state index contributed by atoms with van der Waals surface area (Å²) >= 11 is 6.16. The van der Waals surface area contributed by atoms with Crippen molar-refractivity contribution in [1.82, 2.24) is 0 Å². The van der Waals surface area contributed by atoms with E-state index in [1.54, 1.807) is 0 Å². The fourth-order valence-electron chi connectivity index (χ4n) is 2.04. The van der Waals surface area contributed by atoms with Crippen LogP contribution < -0.4 is 10.5 Å². The Morgan fingerprint density at radius 2 is 2.33 bits per heavy atom. The van der Waals surface area contributed by atoms with Crippen molar-refractivity contribution < 1.29 is 4.74 Å².